The Morgan fingerprint density at radius 1 is 0.857 bits per heavy atom. The number of benzene rings is 2. The van der Waals surface area contributed by atoms with E-state index >= 15 is 0 Å². The molecule has 9 heteroatoms. The first-order valence-corrected chi connectivity index (χ1v) is 15.0. The molecule has 0 spiro atoms. The monoisotopic (exact) mass is 532 g/mol. The second-order valence-electron chi connectivity index (χ2n) is 9.16. The molecule has 35 heavy (non-hydrogen) atoms. The van der Waals surface area contributed by atoms with Crippen LogP contribution in [0.15, 0.2) is 41.3 Å². The number of methoxy groups -OCH3 is 2. The van der Waals surface area contributed by atoms with Crippen LogP contribution in [0.5, 0.6) is 11.5 Å². The van der Waals surface area contributed by atoms with E-state index in [9.17, 15) is 13.0 Å². The van der Waals surface area contributed by atoms with Gasteiger partial charge in [-0.1, -0.05) is 70.7 Å². The molecule has 0 saturated heterocycles. The van der Waals surface area contributed by atoms with Crippen molar-refractivity contribution in [3.05, 3.63) is 36.4 Å². The number of hydrogen-bond acceptors (Lipinski definition) is 4. The summed E-state index contributed by atoms with van der Waals surface area (Å²) in [4.78, 5) is -0.227. The fourth-order valence-corrected chi connectivity index (χ4v) is 10.3. The maximum atomic E-state index is 12.1. The van der Waals surface area contributed by atoms with Crippen LogP contribution in [0.3, 0.4) is 0 Å². The second kappa shape index (κ2) is 13.8. The Bertz CT molecular complexity index is 1050. The Balaban J connectivity index is 0.00000216. The average molecular weight is 533 g/mol. The van der Waals surface area contributed by atoms with Gasteiger partial charge in [0.05, 0.1) is 19.8 Å². The van der Waals surface area contributed by atoms with E-state index < -0.39 is 18.0 Å². The minimum Gasteiger partial charge on any atom is -1.00 e. The molecule has 0 aromatic heterocycles. The number of rotatable bonds is 7. The van der Waals surface area contributed by atoms with E-state index in [1.165, 1.54) is 82.7 Å². The molecule has 0 bridgehead atoms. The van der Waals surface area contributed by atoms with E-state index in [1.807, 2.05) is 6.07 Å². The van der Waals surface area contributed by atoms with Crippen LogP contribution in [0.4, 0.5) is 0 Å². The third-order valence-corrected chi connectivity index (χ3v) is 11.6. The molecule has 6 nitrogen and oxygen atoms in total. The molecule has 4 rings (SSSR count). The van der Waals surface area contributed by atoms with E-state index in [2.05, 4.69) is 18.2 Å². The van der Waals surface area contributed by atoms with Crippen molar-refractivity contribution in [3.8, 4) is 22.6 Å². The molecule has 2 saturated carbocycles. The molecule has 2 aromatic carbocycles. The standard InChI is InChI=1S/C26H35O5PS.Na.H2O.H/c1-30-22-17-18-24(33(27,28)29)26(31-2)25(22)21-15-9-10-16-23(21)32(19-11-5-3-6-12-19)20-13-7-4-8-14-20;;;/h9-10,15-20H,3-8,11-14H2,1-2H3,(H,27,28,29);;1H2;/q;+1;;-1. The Hall–Kier alpha value is -0.660. The summed E-state index contributed by atoms with van der Waals surface area (Å²) in [5.74, 6) is 0.695. The van der Waals surface area contributed by atoms with Gasteiger partial charge < -0.3 is 16.4 Å². The van der Waals surface area contributed by atoms with Gasteiger partial charge in [0.2, 0.25) is 0 Å². The first-order valence-electron chi connectivity index (χ1n) is 12.1. The van der Waals surface area contributed by atoms with E-state index in [1.54, 1.807) is 13.2 Å². The van der Waals surface area contributed by atoms with Crippen LogP contribution in [0, 0.1) is 0 Å². The predicted octanol–water partition coefficient (Wildman–Crippen LogP) is 2.68. The van der Waals surface area contributed by atoms with Gasteiger partial charge in [-0.2, -0.15) is 8.42 Å². The van der Waals surface area contributed by atoms with E-state index in [0.29, 0.717) is 22.6 Å². The molecule has 2 aliphatic carbocycles. The van der Waals surface area contributed by atoms with Crippen LogP contribution < -0.4 is 44.3 Å². The second-order valence-corrected chi connectivity index (χ2v) is 13.3. The van der Waals surface area contributed by atoms with Gasteiger partial charge in [0, 0.05) is 0 Å². The van der Waals surface area contributed by atoms with Crippen LogP contribution >= 0.6 is 7.92 Å². The van der Waals surface area contributed by atoms with Crippen molar-refractivity contribution in [2.45, 2.75) is 80.4 Å². The summed E-state index contributed by atoms with van der Waals surface area (Å²) < 4.78 is 45.5. The van der Waals surface area contributed by atoms with E-state index in [4.69, 9.17) is 9.47 Å². The first-order chi connectivity index (χ1) is 16.0. The summed E-state index contributed by atoms with van der Waals surface area (Å²) in [7, 11) is -1.85. The van der Waals surface area contributed by atoms with Gasteiger partial charge in [0.1, 0.15) is 10.6 Å². The van der Waals surface area contributed by atoms with Crippen LogP contribution in [0.25, 0.3) is 11.1 Å². The van der Waals surface area contributed by atoms with E-state index in [-0.39, 0.29) is 47.1 Å². The molecule has 0 atom stereocenters. The zero-order valence-corrected chi connectivity index (χ0v) is 24.8. The van der Waals surface area contributed by atoms with Crippen molar-refractivity contribution >= 4 is 23.3 Å². The third-order valence-electron chi connectivity index (χ3n) is 7.17. The van der Waals surface area contributed by atoms with Gasteiger partial charge in [-0.05, 0) is 60.0 Å². The summed E-state index contributed by atoms with van der Waals surface area (Å²) in [6.45, 7) is 0. The molecule has 0 amide bonds. The minimum atomic E-state index is -4.45. The molecule has 190 valence electrons. The van der Waals surface area contributed by atoms with Gasteiger partial charge in [0.15, 0.2) is 5.75 Å². The van der Waals surface area contributed by atoms with Gasteiger partial charge in [-0.15, -0.1) is 0 Å². The van der Waals surface area contributed by atoms with E-state index in [0.717, 1.165) is 5.56 Å². The largest absolute Gasteiger partial charge is 1.00 e. The van der Waals surface area contributed by atoms with Crippen LogP contribution in [0.2, 0.25) is 0 Å². The van der Waals surface area contributed by atoms with Crippen molar-refractivity contribution in [1.29, 1.82) is 0 Å². The summed E-state index contributed by atoms with van der Waals surface area (Å²) in [6, 6.07) is 11.4. The van der Waals surface area contributed by atoms with Gasteiger partial charge in [-0.25, -0.2) is 0 Å². The molecule has 2 aliphatic rings. The Labute approximate surface area is 234 Å². The molecule has 3 N–H and O–H groups in total. The first kappa shape index (κ1) is 30.6. The Morgan fingerprint density at radius 3 is 1.89 bits per heavy atom. The van der Waals surface area contributed by atoms with Crippen LogP contribution in [0.1, 0.15) is 65.6 Å². The zero-order chi connectivity index (χ0) is 23.4. The van der Waals surface area contributed by atoms with Crippen LogP contribution in [-0.2, 0) is 10.1 Å². The number of ether oxygens (including phenoxy) is 2. The SMILES string of the molecule is COc1ccc(S(=O)(=O)O)c(OC)c1-c1ccccc1P(C1CCCCC1)C1CCCCC1.O.[H-].[Na+]. The molecule has 2 fully saturated rings. The maximum absolute atomic E-state index is 12.1. The summed E-state index contributed by atoms with van der Waals surface area (Å²) in [6.07, 6.45) is 12.9. The third kappa shape index (κ3) is 6.81. The van der Waals surface area contributed by atoms with Crippen molar-refractivity contribution < 1.29 is 58.9 Å². The quantitative estimate of drug-likeness (QED) is 0.336. The summed E-state index contributed by atoms with van der Waals surface area (Å²) in [5, 5.41) is 1.32. The zero-order valence-electron chi connectivity index (χ0n) is 22.1. The molecule has 0 radical (unpaired) electrons. The molecule has 0 heterocycles. The summed E-state index contributed by atoms with van der Waals surface area (Å²) >= 11 is 0. The molecule has 0 aliphatic heterocycles. The molecule has 2 aromatic rings. The number of hydrogen-bond donors (Lipinski definition) is 1. The van der Waals surface area contributed by atoms with Crippen molar-refractivity contribution in [2.75, 3.05) is 14.2 Å². The van der Waals surface area contributed by atoms with Gasteiger partial charge >= 0.3 is 29.6 Å². The average Bonchev–Trinajstić information content (AvgIpc) is 2.84. The van der Waals surface area contributed by atoms with Gasteiger partial charge in [-0.3, -0.25) is 4.55 Å². The molecular formula is C26H38NaO6PS. The fraction of sp³-hybridized carbons (Fsp3) is 0.538. The Morgan fingerprint density at radius 2 is 1.40 bits per heavy atom. The predicted molar refractivity (Wildman–Crippen MR) is 140 cm³/mol. The van der Waals surface area contributed by atoms with Crippen LogP contribution in [-0.4, -0.2) is 44.0 Å². The van der Waals surface area contributed by atoms with Crippen molar-refractivity contribution in [1.82, 2.24) is 0 Å². The van der Waals surface area contributed by atoms with Crippen molar-refractivity contribution in [3.63, 3.8) is 0 Å². The Kier molecular flexibility index (Phi) is 12.0. The fourth-order valence-electron chi connectivity index (χ4n) is 5.70. The topological polar surface area (TPSA) is 104 Å². The van der Waals surface area contributed by atoms with Crippen molar-refractivity contribution in [2.24, 2.45) is 0 Å². The smallest absolute Gasteiger partial charge is 1.00 e. The minimum absolute atomic E-state index is 0. The van der Waals surface area contributed by atoms with Gasteiger partial charge in [0.25, 0.3) is 10.1 Å². The maximum Gasteiger partial charge on any atom is 1.00 e. The normalized spacial score (nSPS) is 17.4. The molecular weight excluding hydrogens is 494 g/mol. The molecule has 0 unspecified atom stereocenters. The summed E-state index contributed by atoms with van der Waals surface area (Å²) in [5.41, 5.74) is 2.98.